The summed E-state index contributed by atoms with van der Waals surface area (Å²) in [5.74, 6) is -0.0610. The molecule has 1 aliphatic heterocycles. The second kappa shape index (κ2) is 18.2. The van der Waals surface area contributed by atoms with Gasteiger partial charge in [0.25, 0.3) is 0 Å². The Morgan fingerprint density at radius 1 is 0.927 bits per heavy atom. The molecule has 0 spiro atoms. The van der Waals surface area contributed by atoms with Gasteiger partial charge >= 0.3 is 0 Å². The maximum atomic E-state index is 10.7. The average Bonchev–Trinajstić information content (AvgIpc) is 3.38. The van der Waals surface area contributed by atoms with Gasteiger partial charge in [0, 0.05) is 45.3 Å². The van der Waals surface area contributed by atoms with Gasteiger partial charge in [-0.05, 0) is 11.6 Å². The van der Waals surface area contributed by atoms with Crippen LogP contribution in [0.3, 0.4) is 0 Å². The van der Waals surface area contributed by atoms with E-state index in [0.717, 1.165) is 33.8 Å². The van der Waals surface area contributed by atoms with Crippen molar-refractivity contribution in [2.24, 2.45) is 0 Å². The van der Waals surface area contributed by atoms with Gasteiger partial charge in [-0.3, -0.25) is 4.79 Å². The number of hydrogen-bond donors (Lipinski definition) is 1. The zero-order valence-electron chi connectivity index (χ0n) is 24.3. The highest BCUT2D eigenvalue weighted by atomic mass is 16.6. The second-order valence-corrected chi connectivity index (χ2v) is 9.27. The fourth-order valence-corrected chi connectivity index (χ4v) is 4.34. The number of aromatic nitrogens is 3. The molecule has 0 radical (unpaired) electrons. The summed E-state index contributed by atoms with van der Waals surface area (Å²) in [4.78, 5) is 12.9. The Balaban J connectivity index is 0.00000616. The Bertz CT molecular complexity index is 1150. The summed E-state index contributed by atoms with van der Waals surface area (Å²) in [5, 5.41) is 11.7. The lowest BCUT2D eigenvalue weighted by molar-refractivity contribution is -0.119. The topological polar surface area (TPSA) is 109 Å². The molecule has 0 fully saturated rings. The largest absolute Gasteiger partial charge is 0.377 e. The minimum atomic E-state index is -0.0610. The number of ether oxygens (including phenoxy) is 5. The van der Waals surface area contributed by atoms with E-state index in [1.807, 2.05) is 29.0 Å². The van der Waals surface area contributed by atoms with Gasteiger partial charge in [0.05, 0.1) is 78.3 Å². The third-order valence-electron chi connectivity index (χ3n) is 6.32. The fraction of sp³-hybridized carbons (Fsp3) is 0.500. The summed E-state index contributed by atoms with van der Waals surface area (Å²) in [6.45, 7) is 16.1. The van der Waals surface area contributed by atoms with E-state index in [9.17, 15) is 4.79 Å². The van der Waals surface area contributed by atoms with Crippen LogP contribution in [0.15, 0.2) is 55.1 Å². The number of rotatable bonds is 20. The summed E-state index contributed by atoms with van der Waals surface area (Å²) in [6.07, 6.45) is 3.69. The number of nitrogens with one attached hydrogen (secondary N) is 1. The molecule has 11 heteroatoms. The maximum absolute atomic E-state index is 10.7. The Morgan fingerprint density at radius 2 is 1.51 bits per heavy atom. The molecule has 3 rings (SSSR count). The molecule has 1 N–H and O–H groups in total. The first-order valence-corrected chi connectivity index (χ1v) is 13.9. The van der Waals surface area contributed by atoms with Crippen LogP contribution in [0.1, 0.15) is 14.0 Å². The SMILES string of the molecule is C=C/C1=C(\C=C)c2nnn(CCOCCOCCOCCOCCOCCNC(C)=O)c2-c2ccccc2N(C)C1.[HH]. The number of fused-ring (bicyclic) bond motifs is 3. The van der Waals surface area contributed by atoms with E-state index in [0.29, 0.717) is 85.7 Å². The first-order valence-electron chi connectivity index (χ1n) is 13.9. The van der Waals surface area contributed by atoms with Gasteiger partial charge in [-0.2, -0.15) is 0 Å². The van der Waals surface area contributed by atoms with Gasteiger partial charge in [0.1, 0.15) is 5.69 Å². The van der Waals surface area contributed by atoms with Gasteiger partial charge in [-0.25, -0.2) is 4.68 Å². The van der Waals surface area contributed by atoms with Crippen molar-refractivity contribution in [1.82, 2.24) is 20.3 Å². The van der Waals surface area contributed by atoms with Gasteiger partial charge in [0.2, 0.25) is 5.91 Å². The molecular weight excluding hydrogens is 526 g/mol. The van der Waals surface area contributed by atoms with E-state index in [1.54, 1.807) is 0 Å². The molecule has 2 heterocycles. The van der Waals surface area contributed by atoms with Crippen molar-refractivity contribution in [1.29, 1.82) is 0 Å². The molecule has 1 aromatic carbocycles. The molecule has 0 atom stereocenters. The molecular formula is C30H45N5O6. The molecule has 1 aromatic heterocycles. The highest BCUT2D eigenvalue weighted by Gasteiger charge is 2.25. The van der Waals surface area contributed by atoms with E-state index >= 15 is 0 Å². The van der Waals surface area contributed by atoms with Crippen LogP contribution < -0.4 is 10.2 Å². The standard InChI is InChI=1S/C30H43N5O6.H2/c1-5-25-23-34(4)28-10-8-7-9-27(28)30-29(26(25)6-2)32-33-35(30)12-14-38-16-18-40-20-22-41-21-19-39-17-15-37-13-11-31-24(3)36;/h5-10H,1-2,11-23H2,3-4H3,(H,31,36);1H/b26-25-;. The fourth-order valence-electron chi connectivity index (χ4n) is 4.34. The first-order chi connectivity index (χ1) is 20.1. The highest BCUT2D eigenvalue weighted by Crippen LogP contribution is 2.38. The first kappa shape index (κ1) is 32.2. The van der Waals surface area contributed by atoms with Gasteiger partial charge in [-0.15, -0.1) is 5.10 Å². The van der Waals surface area contributed by atoms with E-state index in [2.05, 4.69) is 52.9 Å². The third kappa shape index (κ3) is 10.2. The highest BCUT2D eigenvalue weighted by molar-refractivity contribution is 5.90. The van der Waals surface area contributed by atoms with Crippen LogP contribution in [0, 0.1) is 0 Å². The number of benzene rings is 1. The number of likely N-dealkylation sites (N-methyl/N-ethyl adjacent to an activating group) is 1. The van der Waals surface area contributed by atoms with Crippen molar-refractivity contribution in [3.05, 3.63) is 60.8 Å². The molecule has 0 unspecified atom stereocenters. The number of anilines is 1. The number of nitrogens with zero attached hydrogens (tertiary/aromatic N) is 4. The second-order valence-electron chi connectivity index (χ2n) is 9.27. The Labute approximate surface area is 244 Å². The quantitative estimate of drug-likeness (QED) is 0.240. The lowest BCUT2D eigenvalue weighted by atomic mass is 9.96. The number of carbonyl (C=O) groups is 1. The van der Waals surface area contributed by atoms with E-state index in [1.165, 1.54) is 6.92 Å². The molecule has 0 saturated carbocycles. The molecule has 0 saturated heterocycles. The van der Waals surface area contributed by atoms with Crippen LogP contribution in [0.4, 0.5) is 5.69 Å². The minimum Gasteiger partial charge on any atom is -0.377 e. The molecule has 1 aliphatic rings. The van der Waals surface area contributed by atoms with Crippen molar-refractivity contribution in [3.8, 4) is 11.3 Å². The van der Waals surface area contributed by atoms with Crippen LogP contribution >= 0.6 is 0 Å². The number of amides is 1. The molecule has 41 heavy (non-hydrogen) atoms. The van der Waals surface area contributed by atoms with E-state index in [-0.39, 0.29) is 7.33 Å². The number of hydrogen-bond acceptors (Lipinski definition) is 9. The van der Waals surface area contributed by atoms with Gasteiger partial charge in [0.15, 0.2) is 0 Å². The lowest BCUT2D eigenvalue weighted by Gasteiger charge is -2.26. The van der Waals surface area contributed by atoms with Crippen LogP contribution in [-0.4, -0.2) is 107 Å². The third-order valence-corrected chi connectivity index (χ3v) is 6.32. The number of para-hydroxylation sites is 1. The summed E-state index contributed by atoms with van der Waals surface area (Å²) >= 11 is 0. The van der Waals surface area contributed by atoms with Crippen molar-refractivity contribution in [2.45, 2.75) is 13.5 Å². The lowest BCUT2D eigenvalue weighted by Crippen LogP contribution is -2.25. The monoisotopic (exact) mass is 571 g/mol. The molecule has 11 nitrogen and oxygen atoms in total. The van der Waals surface area contributed by atoms with E-state index in [4.69, 9.17) is 23.7 Å². The zero-order chi connectivity index (χ0) is 29.3. The summed E-state index contributed by atoms with van der Waals surface area (Å²) in [6, 6.07) is 8.27. The summed E-state index contributed by atoms with van der Waals surface area (Å²) < 4.78 is 29.6. The van der Waals surface area contributed by atoms with Crippen LogP contribution in [0.2, 0.25) is 0 Å². The van der Waals surface area contributed by atoms with Crippen LogP contribution in [0.25, 0.3) is 16.8 Å². The Morgan fingerprint density at radius 3 is 2.10 bits per heavy atom. The molecule has 0 aliphatic carbocycles. The van der Waals surface area contributed by atoms with Crippen molar-refractivity contribution in [3.63, 3.8) is 0 Å². The van der Waals surface area contributed by atoms with Crippen LogP contribution in [-0.2, 0) is 35.0 Å². The molecule has 1 amide bonds. The van der Waals surface area contributed by atoms with Gasteiger partial charge < -0.3 is 33.9 Å². The maximum Gasteiger partial charge on any atom is 0.216 e. The molecule has 226 valence electrons. The number of allylic oxidation sites excluding steroid dienone is 2. The Hall–Kier alpha value is -3.35. The summed E-state index contributed by atoms with van der Waals surface area (Å²) in [7, 11) is 2.07. The Kier molecular flexibility index (Phi) is 14.2. The predicted molar refractivity (Wildman–Crippen MR) is 161 cm³/mol. The van der Waals surface area contributed by atoms with Gasteiger partial charge in [-0.1, -0.05) is 48.7 Å². The normalized spacial score (nSPS) is 14.6. The molecule has 0 bridgehead atoms. The van der Waals surface area contributed by atoms with Crippen molar-refractivity contribution < 1.29 is 29.9 Å². The average molecular weight is 572 g/mol. The number of carbonyl (C=O) groups excluding carboxylic acids is 1. The zero-order valence-corrected chi connectivity index (χ0v) is 24.3. The van der Waals surface area contributed by atoms with E-state index < -0.39 is 0 Å². The summed E-state index contributed by atoms with van der Waals surface area (Å²) in [5.41, 5.74) is 5.91. The smallest absolute Gasteiger partial charge is 0.216 e. The van der Waals surface area contributed by atoms with Crippen LogP contribution in [0.5, 0.6) is 0 Å². The molecule has 2 aromatic rings. The minimum absolute atomic E-state index is 0. The van der Waals surface area contributed by atoms with Crippen molar-refractivity contribution >= 4 is 17.2 Å². The van der Waals surface area contributed by atoms with Crippen molar-refractivity contribution in [2.75, 3.05) is 91.1 Å². The predicted octanol–water partition coefficient (Wildman–Crippen LogP) is 2.99.